The fourth-order valence-corrected chi connectivity index (χ4v) is 4.09. The Balaban J connectivity index is 1.71. The van der Waals surface area contributed by atoms with Crippen LogP contribution >= 0.6 is 0 Å². The van der Waals surface area contributed by atoms with Crippen LogP contribution in [0.2, 0.25) is 0 Å². The van der Waals surface area contributed by atoms with Crippen molar-refractivity contribution >= 4 is 5.91 Å². The smallest absolute Gasteiger partial charge is 0.225 e. The maximum atomic E-state index is 12.8. The number of carbonyl (C=O) groups is 1. The minimum absolute atomic E-state index is 0.104. The van der Waals surface area contributed by atoms with Gasteiger partial charge in [0, 0.05) is 31.0 Å². The first kappa shape index (κ1) is 15.5. The Morgan fingerprint density at radius 2 is 1.95 bits per heavy atom. The number of aryl methyl sites for hydroxylation is 1. The zero-order valence-corrected chi connectivity index (χ0v) is 13.6. The highest BCUT2D eigenvalue weighted by Crippen LogP contribution is 2.31. The fourth-order valence-electron chi connectivity index (χ4n) is 4.09. The van der Waals surface area contributed by atoms with E-state index < -0.39 is 0 Å². The minimum Gasteiger partial charge on any atom is -0.340 e. The van der Waals surface area contributed by atoms with E-state index in [0.29, 0.717) is 11.8 Å². The van der Waals surface area contributed by atoms with Gasteiger partial charge in [0.2, 0.25) is 5.91 Å². The van der Waals surface area contributed by atoms with Crippen molar-refractivity contribution in [2.24, 2.45) is 11.7 Å². The largest absolute Gasteiger partial charge is 0.340 e. The first-order chi connectivity index (χ1) is 10.6. The number of piperidine rings is 1. The van der Waals surface area contributed by atoms with Crippen LogP contribution in [-0.4, -0.2) is 29.9 Å². The van der Waals surface area contributed by atoms with E-state index in [9.17, 15) is 4.79 Å². The van der Waals surface area contributed by atoms with E-state index in [4.69, 9.17) is 5.73 Å². The maximum Gasteiger partial charge on any atom is 0.225 e. The number of hydrogen-bond acceptors (Lipinski definition) is 2. The monoisotopic (exact) mass is 300 g/mol. The predicted octanol–water partition coefficient (Wildman–Crippen LogP) is 3.22. The highest BCUT2D eigenvalue weighted by Gasteiger charge is 2.32. The summed E-state index contributed by atoms with van der Waals surface area (Å²) in [5.41, 5.74) is 8.87. The van der Waals surface area contributed by atoms with Crippen LogP contribution in [0, 0.1) is 12.8 Å². The van der Waals surface area contributed by atoms with Crippen LogP contribution in [-0.2, 0) is 4.79 Å². The topological polar surface area (TPSA) is 46.3 Å². The van der Waals surface area contributed by atoms with Crippen molar-refractivity contribution in [2.45, 2.75) is 57.4 Å². The van der Waals surface area contributed by atoms with E-state index in [-0.39, 0.29) is 12.0 Å². The second-order valence-corrected chi connectivity index (χ2v) is 7.18. The van der Waals surface area contributed by atoms with Gasteiger partial charge in [-0.3, -0.25) is 4.79 Å². The summed E-state index contributed by atoms with van der Waals surface area (Å²) in [6, 6.07) is 8.76. The Kier molecular flexibility index (Phi) is 4.82. The lowest BCUT2D eigenvalue weighted by Gasteiger charge is -2.39. The van der Waals surface area contributed by atoms with Crippen molar-refractivity contribution in [3.05, 3.63) is 35.4 Å². The van der Waals surface area contributed by atoms with Gasteiger partial charge >= 0.3 is 0 Å². The van der Waals surface area contributed by atoms with E-state index in [1.165, 1.54) is 30.4 Å². The van der Waals surface area contributed by atoms with Gasteiger partial charge in [0.05, 0.1) is 0 Å². The Morgan fingerprint density at radius 1 is 1.18 bits per heavy atom. The number of rotatable bonds is 2. The first-order valence-electron chi connectivity index (χ1n) is 8.74. The van der Waals surface area contributed by atoms with E-state index in [0.717, 1.165) is 32.4 Å². The Labute approximate surface area is 133 Å². The number of nitrogens with zero attached hydrogens (tertiary/aromatic N) is 1. The van der Waals surface area contributed by atoms with Crippen LogP contribution in [0.25, 0.3) is 0 Å². The molecule has 1 amide bonds. The summed E-state index contributed by atoms with van der Waals surface area (Å²) in [4.78, 5) is 14.9. The molecule has 2 unspecified atom stereocenters. The summed E-state index contributed by atoms with van der Waals surface area (Å²) < 4.78 is 0. The average molecular weight is 300 g/mol. The van der Waals surface area contributed by atoms with Crippen LogP contribution in [0.4, 0.5) is 0 Å². The standard InChI is InChI=1S/C19H28N2O/c1-14-6-5-9-16(10-14)17-11-18(20)13-21(12-17)19(22)15-7-3-2-4-8-15/h5-6,9-10,15,17-18H,2-4,7-8,11-13,20H2,1H3. The van der Waals surface area contributed by atoms with E-state index in [1.807, 2.05) is 0 Å². The molecule has 0 radical (unpaired) electrons. The minimum atomic E-state index is 0.104. The molecule has 0 spiro atoms. The molecule has 1 aromatic rings. The molecule has 1 saturated heterocycles. The molecule has 3 heteroatoms. The van der Waals surface area contributed by atoms with Crippen LogP contribution in [0.3, 0.4) is 0 Å². The van der Waals surface area contributed by atoms with Gasteiger partial charge in [0.15, 0.2) is 0 Å². The number of likely N-dealkylation sites (tertiary alicyclic amines) is 1. The van der Waals surface area contributed by atoms with Crippen LogP contribution < -0.4 is 5.73 Å². The zero-order valence-electron chi connectivity index (χ0n) is 13.6. The van der Waals surface area contributed by atoms with Crippen molar-refractivity contribution in [3.8, 4) is 0 Å². The quantitative estimate of drug-likeness (QED) is 0.911. The van der Waals surface area contributed by atoms with Crippen molar-refractivity contribution in [1.29, 1.82) is 0 Å². The van der Waals surface area contributed by atoms with Gasteiger partial charge in [-0.15, -0.1) is 0 Å². The molecule has 1 aliphatic heterocycles. The average Bonchev–Trinajstić information content (AvgIpc) is 2.54. The summed E-state index contributed by atoms with van der Waals surface area (Å²) in [6.45, 7) is 3.70. The molecular formula is C19H28N2O. The van der Waals surface area contributed by atoms with Crippen LogP contribution in [0.1, 0.15) is 55.6 Å². The van der Waals surface area contributed by atoms with Crippen molar-refractivity contribution < 1.29 is 4.79 Å². The lowest BCUT2D eigenvalue weighted by molar-refractivity contribution is -0.138. The molecule has 1 saturated carbocycles. The summed E-state index contributed by atoms with van der Waals surface area (Å²) in [5.74, 6) is 0.987. The number of nitrogens with two attached hydrogens (primary N) is 1. The van der Waals surface area contributed by atoms with Crippen molar-refractivity contribution in [1.82, 2.24) is 4.90 Å². The second kappa shape index (κ2) is 6.82. The Morgan fingerprint density at radius 3 is 2.68 bits per heavy atom. The number of amides is 1. The molecule has 0 aromatic heterocycles. The molecule has 1 heterocycles. The van der Waals surface area contributed by atoms with Crippen molar-refractivity contribution in [2.75, 3.05) is 13.1 Å². The van der Waals surface area contributed by atoms with Crippen LogP contribution in [0.15, 0.2) is 24.3 Å². The maximum absolute atomic E-state index is 12.8. The van der Waals surface area contributed by atoms with E-state index >= 15 is 0 Å². The second-order valence-electron chi connectivity index (χ2n) is 7.18. The van der Waals surface area contributed by atoms with Gasteiger partial charge < -0.3 is 10.6 Å². The molecule has 3 nitrogen and oxygen atoms in total. The van der Waals surface area contributed by atoms with Crippen LogP contribution in [0.5, 0.6) is 0 Å². The van der Waals surface area contributed by atoms with Crippen molar-refractivity contribution in [3.63, 3.8) is 0 Å². The third-order valence-electron chi connectivity index (χ3n) is 5.26. The molecule has 2 N–H and O–H groups in total. The Hall–Kier alpha value is -1.35. The van der Waals surface area contributed by atoms with E-state index in [2.05, 4.69) is 36.1 Å². The molecule has 2 fully saturated rings. The summed E-state index contributed by atoms with van der Waals surface area (Å²) in [6.07, 6.45) is 6.82. The molecule has 22 heavy (non-hydrogen) atoms. The third kappa shape index (κ3) is 3.52. The lowest BCUT2D eigenvalue weighted by atomic mass is 9.84. The fraction of sp³-hybridized carbons (Fsp3) is 0.632. The summed E-state index contributed by atoms with van der Waals surface area (Å²) >= 11 is 0. The van der Waals surface area contributed by atoms with Gasteiger partial charge in [-0.1, -0.05) is 49.1 Å². The van der Waals surface area contributed by atoms with Gasteiger partial charge in [-0.25, -0.2) is 0 Å². The molecule has 0 bridgehead atoms. The highest BCUT2D eigenvalue weighted by atomic mass is 16.2. The normalized spacial score (nSPS) is 26.9. The van der Waals surface area contributed by atoms with Gasteiger partial charge in [-0.2, -0.15) is 0 Å². The Bertz CT molecular complexity index is 522. The highest BCUT2D eigenvalue weighted by molar-refractivity contribution is 5.79. The number of carbonyl (C=O) groups excluding carboxylic acids is 1. The molecule has 2 aliphatic rings. The third-order valence-corrected chi connectivity index (χ3v) is 5.26. The first-order valence-corrected chi connectivity index (χ1v) is 8.74. The predicted molar refractivity (Wildman–Crippen MR) is 89.7 cm³/mol. The molecular weight excluding hydrogens is 272 g/mol. The summed E-state index contributed by atoms with van der Waals surface area (Å²) in [7, 11) is 0. The van der Waals surface area contributed by atoms with Gasteiger partial charge in [0.25, 0.3) is 0 Å². The lowest BCUT2D eigenvalue weighted by Crippen LogP contribution is -2.50. The molecule has 2 atom stereocenters. The molecule has 120 valence electrons. The number of hydrogen-bond donors (Lipinski definition) is 1. The molecule has 1 aromatic carbocycles. The van der Waals surface area contributed by atoms with Gasteiger partial charge in [-0.05, 0) is 31.7 Å². The van der Waals surface area contributed by atoms with Gasteiger partial charge in [0.1, 0.15) is 0 Å². The molecule has 1 aliphatic carbocycles. The SMILES string of the molecule is Cc1cccc(C2CC(N)CN(C(=O)C3CCCCC3)C2)c1. The zero-order chi connectivity index (χ0) is 15.5. The number of benzene rings is 1. The molecule has 3 rings (SSSR count). The summed E-state index contributed by atoms with van der Waals surface area (Å²) in [5, 5.41) is 0. The van der Waals surface area contributed by atoms with E-state index in [1.54, 1.807) is 0 Å².